The van der Waals surface area contributed by atoms with Crippen LogP contribution in [0.1, 0.15) is 41.8 Å². The third-order valence-electron chi connectivity index (χ3n) is 6.33. The molecule has 0 fully saturated rings. The summed E-state index contributed by atoms with van der Waals surface area (Å²) in [5.74, 6) is 1.04. The van der Waals surface area contributed by atoms with E-state index >= 15 is 0 Å². The summed E-state index contributed by atoms with van der Waals surface area (Å²) in [4.78, 5) is 19.1. The minimum Gasteiger partial charge on any atom is -0.494 e. The first-order valence-corrected chi connectivity index (χ1v) is 11.4. The lowest BCUT2D eigenvalue weighted by Crippen LogP contribution is -2.40. The SMILES string of the molecule is CCOc1ccc([C@@H]2c3[nH]c4ccccc4c3CCN2C(=O)CCc2ccccc2)cc1. The van der Waals surface area contributed by atoms with E-state index in [0.29, 0.717) is 13.0 Å². The Labute approximate surface area is 188 Å². The molecule has 3 aromatic carbocycles. The zero-order valence-electron chi connectivity index (χ0n) is 18.4. The minimum absolute atomic E-state index is 0.120. The number of aryl methyl sites for hydroxylation is 1. The number of ether oxygens (including phenoxy) is 1. The van der Waals surface area contributed by atoms with Crippen molar-refractivity contribution in [1.82, 2.24) is 9.88 Å². The molecule has 1 aliphatic heterocycles. The smallest absolute Gasteiger partial charge is 0.223 e. The fourth-order valence-electron chi connectivity index (χ4n) is 4.81. The lowest BCUT2D eigenvalue weighted by Gasteiger charge is -2.36. The first-order chi connectivity index (χ1) is 15.7. The summed E-state index contributed by atoms with van der Waals surface area (Å²) in [5, 5.41) is 1.26. The third-order valence-corrected chi connectivity index (χ3v) is 6.33. The van der Waals surface area contributed by atoms with Crippen molar-refractivity contribution in [1.29, 1.82) is 0 Å². The highest BCUT2D eigenvalue weighted by Crippen LogP contribution is 2.39. The van der Waals surface area contributed by atoms with Crippen LogP contribution in [0.4, 0.5) is 0 Å². The van der Waals surface area contributed by atoms with Crippen LogP contribution in [-0.4, -0.2) is 28.9 Å². The molecule has 1 amide bonds. The molecule has 1 N–H and O–H groups in total. The van der Waals surface area contributed by atoms with E-state index in [4.69, 9.17) is 4.74 Å². The summed E-state index contributed by atoms with van der Waals surface area (Å²) < 4.78 is 5.64. The number of hydrogen-bond donors (Lipinski definition) is 1. The molecule has 4 heteroatoms. The molecule has 0 saturated heterocycles. The number of carbonyl (C=O) groups excluding carboxylic acids is 1. The summed E-state index contributed by atoms with van der Waals surface area (Å²) in [5.41, 5.74) is 5.89. The number of amides is 1. The van der Waals surface area contributed by atoms with Crippen molar-refractivity contribution in [3.8, 4) is 5.75 Å². The molecular formula is C28H28N2O2. The molecule has 1 aliphatic rings. The Bertz CT molecular complexity index is 1210. The van der Waals surface area contributed by atoms with Crippen LogP contribution >= 0.6 is 0 Å². The number of carbonyl (C=O) groups is 1. The molecule has 4 aromatic rings. The average Bonchev–Trinajstić information content (AvgIpc) is 3.22. The van der Waals surface area contributed by atoms with Crippen LogP contribution in [0.2, 0.25) is 0 Å². The van der Waals surface area contributed by atoms with E-state index in [1.807, 2.05) is 37.3 Å². The normalized spacial score (nSPS) is 15.5. The number of aromatic amines is 1. The summed E-state index contributed by atoms with van der Waals surface area (Å²) in [7, 11) is 0. The maximum absolute atomic E-state index is 13.4. The summed E-state index contributed by atoms with van der Waals surface area (Å²) >= 11 is 0. The lowest BCUT2D eigenvalue weighted by atomic mass is 9.91. The zero-order chi connectivity index (χ0) is 21.9. The lowest BCUT2D eigenvalue weighted by molar-refractivity contribution is -0.133. The number of para-hydroxylation sites is 1. The first-order valence-electron chi connectivity index (χ1n) is 11.4. The maximum Gasteiger partial charge on any atom is 0.223 e. The summed E-state index contributed by atoms with van der Waals surface area (Å²) in [6.07, 6.45) is 2.13. The van der Waals surface area contributed by atoms with Crippen molar-refractivity contribution in [3.05, 3.63) is 101 Å². The largest absolute Gasteiger partial charge is 0.494 e. The van der Waals surface area contributed by atoms with Gasteiger partial charge in [-0.2, -0.15) is 0 Å². The van der Waals surface area contributed by atoms with Crippen molar-refractivity contribution in [2.75, 3.05) is 13.2 Å². The fraction of sp³-hybridized carbons (Fsp3) is 0.250. The standard InChI is InChI=1S/C28H28N2O2/c1-2-32-22-15-13-21(14-16-22)28-27-24(23-10-6-7-11-25(23)29-27)18-19-30(28)26(31)17-12-20-8-4-3-5-9-20/h3-11,13-16,28-29H,2,12,17-19H2,1H3/t28-/m1/s1. The van der Waals surface area contributed by atoms with Gasteiger partial charge in [0.2, 0.25) is 5.91 Å². The van der Waals surface area contributed by atoms with Crippen molar-refractivity contribution >= 4 is 16.8 Å². The molecule has 0 unspecified atom stereocenters. The summed E-state index contributed by atoms with van der Waals surface area (Å²) in [6.45, 7) is 3.35. The van der Waals surface area contributed by atoms with E-state index in [2.05, 4.69) is 58.4 Å². The molecule has 1 atom stereocenters. The number of aromatic nitrogens is 1. The van der Waals surface area contributed by atoms with Crippen LogP contribution in [0, 0.1) is 0 Å². The van der Waals surface area contributed by atoms with Crippen LogP contribution in [-0.2, 0) is 17.6 Å². The van der Waals surface area contributed by atoms with Crippen molar-refractivity contribution < 1.29 is 9.53 Å². The Balaban J connectivity index is 1.49. The Morgan fingerprint density at radius 3 is 2.53 bits per heavy atom. The highest BCUT2D eigenvalue weighted by molar-refractivity contribution is 5.86. The van der Waals surface area contributed by atoms with Gasteiger partial charge in [0.25, 0.3) is 0 Å². The Hall–Kier alpha value is -3.53. The van der Waals surface area contributed by atoms with Gasteiger partial charge in [-0.15, -0.1) is 0 Å². The Morgan fingerprint density at radius 2 is 1.75 bits per heavy atom. The predicted octanol–water partition coefficient (Wildman–Crippen LogP) is 5.67. The van der Waals surface area contributed by atoms with E-state index in [1.165, 1.54) is 16.5 Å². The predicted molar refractivity (Wildman–Crippen MR) is 128 cm³/mol. The Kier molecular flexibility index (Phi) is 5.68. The second-order valence-corrected chi connectivity index (χ2v) is 8.29. The molecule has 1 aromatic heterocycles. The summed E-state index contributed by atoms with van der Waals surface area (Å²) in [6, 6.07) is 26.7. The number of nitrogens with zero attached hydrogens (tertiary/aromatic N) is 1. The van der Waals surface area contributed by atoms with Gasteiger partial charge < -0.3 is 14.6 Å². The van der Waals surface area contributed by atoms with E-state index in [1.54, 1.807) is 0 Å². The number of hydrogen-bond acceptors (Lipinski definition) is 2. The van der Waals surface area contributed by atoms with Gasteiger partial charge in [-0.05, 0) is 54.7 Å². The van der Waals surface area contributed by atoms with Gasteiger partial charge in [0.05, 0.1) is 12.6 Å². The van der Waals surface area contributed by atoms with Gasteiger partial charge in [0, 0.05) is 29.6 Å². The fourth-order valence-corrected chi connectivity index (χ4v) is 4.81. The number of H-pyrrole nitrogens is 1. The van der Waals surface area contributed by atoms with E-state index < -0.39 is 0 Å². The van der Waals surface area contributed by atoms with E-state index in [0.717, 1.165) is 41.9 Å². The molecule has 5 rings (SSSR count). The third kappa shape index (κ3) is 3.89. The van der Waals surface area contributed by atoms with Gasteiger partial charge in [0.1, 0.15) is 5.75 Å². The van der Waals surface area contributed by atoms with Crippen molar-refractivity contribution in [3.63, 3.8) is 0 Å². The first kappa shape index (κ1) is 20.4. The van der Waals surface area contributed by atoms with Gasteiger partial charge in [-0.1, -0.05) is 60.7 Å². The molecule has 0 bridgehead atoms. The van der Waals surface area contributed by atoms with E-state index in [9.17, 15) is 4.79 Å². The highest BCUT2D eigenvalue weighted by Gasteiger charge is 2.34. The van der Waals surface area contributed by atoms with E-state index in [-0.39, 0.29) is 11.9 Å². The molecule has 0 saturated carbocycles. The van der Waals surface area contributed by atoms with Crippen molar-refractivity contribution in [2.24, 2.45) is 0 Å². The van der Waals surface area contributed by atoms with Crippen LogP contribution in [0.3, 0.4) is 0 Å². The second kappa shape index (κ2) is 8.91. The number of benzene rings is 3. The molecule has 0 spiro atoms. The van der Waals surface area contributed by atoms with Gasteiger partial charge >= 0.3 is 0 Å². The average molecular weight is 425 g/mol. The topological polar surface area (TPSA) is 45.3 Å². The zero-order valence-corrected chi connectivity index (χ0v) is 18.4. The van der Waals surface area contributed by atoms with Crippen LogP contribution in [0.15, 0.2) is 78.9 Å². The Morgan fingerprint density at radius 1 is 1.00 bits per heavy atom. The number of nitrogens with one attached hydrogen (secondary N) is 1. The van der Waals surface area contributed by atoms with Gasteiger partial charge in [0.15, 0.2) is 0 Å². The van der Waals surface area contributed by atoms with Crippen molar-refractivity contribution in [2.45, 2.75) is 32.2 Å². The number of fused-ring (bicyclic) bond motifs is 3. The van der Waals surface area contributed by atoms with Crippen LogP contribution in [0.25, 0.3) is 10.9 Å². The quantitative estimate of drug-likeness (QED) is 0.433. The molecular weight excluding hydrogens is 396 g/mol. The molecule has 162 valence electrons. The molecule has 0 aliphatic carbocycles. The molecule has 0 radical (unpaired) electrons. The maximum atomic E-state index is 13.4. The molecule has 2 heterocycles. The molecule has 4 nitrogen and oxygen atoms in total. The van der Waals surface area contributed by atoms with Gasteiger partial charge in [-0.3, -0.25) is 4.79 Å². The number of rotatable bonds is 6. The second-order valence-electron chi connectivity index (χ2n) is 8.29. The monoisotopic (exact) mass is 424 g/mol. The van der Waals surface area contributed by atoms with Crippen LogP contribution < -0.4 is 4.74 Å². The van der Waals surface area contributed by atoms with Crippen LogP contribution in [0.5, 0.6) is 5.75 Å². The minimum atomic E-state index is -0.120. The van der Waals surface area contributed by atoms with Gasteiger partial charge in [-0.25, -0.2) is 0 Å². The highest BCUT2D eigenvalue weighted by atomic mass is 16.5. The molecule has 32 heavy (non-hydrogen) atoms.